The number of fused-ring (bicyclic) bond motifs is 1. The molecule has 0 aliphatic carbocycles. The first-order chi connectivity index (χ1) is 7.63. The second-order valence-electron chi connectivity index (χ2n) is 6.85. The molecule has 0 saturated carbocycles. The van der Waals surface area contributed by atoms with Crippen molar-refractivity contribution in [3.63, 3.8) is 0 Å². The maximum absolute atomic E-state index is 2.52. The van der Waals surface area contributed by atoms with Crippen LogP contribution < -0.4 is 0 Å². The Morgan fingerprint density at radius 1 is 0.824 bits per heavy atom. The predicted molar refractivity (Wildman–Crippen MR) is 74.3 cm³/mol. The van der Waals surface area contributed by atoms with E-state index in [-0.39, 0.29) is 16.5 Å². The summed E-state index contributed by atoms with van der Waals surface area (Å²) in [4.78, 5) is 2.52. The van der Waals surface area contributed by atoms with Crippen LogP contribution >= 0.6 is 0 Å². The van der Waals surface area contributed by atoms with Gasteiger partial charge in [-0.1, -0.05) is 38.1 Å². The fourth-order valence-corrected chi connectivity index (χ4v) is 3.19. The summed E-state index contributed by atoms with van der Waals surface area (Å²) in [5.74, 6) is 0. The molecule has 1 nitrogen and oxygen atoms in total. The van der Waals surface area contributed by atoms with Crippen molar-refractivity contribution in [2.24, 2.45) is 0 Å². The van der Waals surface area contributed by atoms with Crippen LogP contribution in [0.15, 0.2) is 24.3 Å². The Labute approximate surface area is 106 Å². The van der Waals surface area contributed by atoms with Crippen LogP contribution in [0.4, 0.5) is 0 Å². The Bertz CT molecular complexity index is 441. The summed E-state index contributed by atoms with van der Waals surface area (Å²) in [6.07, 6.45) is 0. The fraction of sp³-hybridized carbons (Fsp3) is 0.625. The van der Waals surface area contributed by atoms with Gasteiger partial charge in [-0.05, 0) is 45.9 Å². The molecule has 0 radical (unpaired) electrons. The van der Waals surface area contributed by atoms with Crippen molar-refractivity contribution in [2.75, 3.05) is 7.05 Å². The Morgan fingerprint density at radius 2 is 1.29 bits per heavy atom. The minimum absolute atomic E-state index is 0.0929. The van der Waals surface area contributed by atoms with Gasteiger partial charge in [0.25, 0.3) is 0 Å². The summed E-state index contributed by atoms with van der Waals surface area (Å²) >= 11 is 0. The van der Waals surface area contributed by atoms with Gasteiger partial charge in [0.2, 0.25) is 0 Å². The molecular weight excluding hydrogens is 206 g/mol. The fourth-order valence-electron chi connectivity index (χ4n) is 3.19. The van der Waals surface area contributed by atoms with Gasteiger partial charge in [-0.2, -0.15) is 0 Å². The molecule has 2 rings (SSSR count). The second-order valence-corrected chi connectivity index (χ2v) is 6.85. The monoisotopic (exact) mass is 231 g/mol. The molecule has 1 aromatic rings. The van der Waals surface area contributed by atoms with E-state index in [0.717, 1.165) is 0 Å². The van der Waals surface area contributed by atoms with Gasteiger partial charge in [-0.25, -0.2) is 0 Å². The zero-order valence-corrected chi connectivity index (χ0v) is 12.3. The Balaban J connectivity index is 2.78. The first-order valence-corrected chi connectivity index (χ1v) is 6.47. The summed E-state index contributed by atoms with van der Waals surface area (Å²) in [6.45, 7) is 14.1. The molecule has 17 heavy (non-hydrogen) atoms. The first kappa shape index (κ1) is 12.6. The van der Waals surface area contributed by atoms with E-state index in [1.165, 1.54) is 11.1 Å². The average Bonchev–Trinajstić information content (AvgIpc) is 2.26. The van der Waals surface area contributed by atoms with Crippen LogP contribution in [0, 0.1) is 0 Å². The highest BCUT2D eigenvalue weighted by Gasteiger charge is 2.52. The molecular formula is C16H25N. The third-order valence-electron chi connectivity index (χ3n) is 5.47. The van der Waals surface area contributed by atoms with Gasteiger partial charge in [0.1, 0.15) is 0 Å². The summed E-state index contributed by atoms with van der Waals surface area (Å²) in [7, 11) is 2.25. The molecule has 0 unspecified atom stereocenters. The molecule has 0 bridgehead atoms. The summed E-state index contributed by atoms with van der Waals surface area (Å²) < 4.78 is 0. The number of hydrogen-bond donors (Lipinski definition) is 0. The molecule has 1 aliphatic heterocycles. The Hall–Kier alpha value is -0.820. The molecule has 0 fully saturated rings. The van der Waals surface area contributed by atoms with E-state index in [4.69, 9.17) is 0 Å². The minimum Gasteiger partial charge on any atom is -0.291 e. The van der Waals surface area contributed by atoms with Crippen LogP contribution in [-0.2, 0) is 11.0 Å². The van der Waals surface area contributed by atoms with Crippen molar-refractivity contribution in [3.8, 4) is 0 Å². The standard InChI is InChI=1S/C16H25N/c1-14(2)12-10-8-9-11-13(12)15(3,4)17(7)16(14,5)6/h8-11H,1-7H3. The largest absolute Gasteiger partial charge is 0.291 e. The van der Waals surface area contributed by atoms with Gasteiger partial charge in [-0.15, -0.1) is 0 Å². The Morgan fingerprint density at radius 3 is 1.82 bits per heavy atom. The molecule has 0 spiro atoms. The van der Waals surface area contributed by atoms with Gasteiger partial charge >= 0.3 is 0 Å². The molecule has 94 valence electrons. The van der Waals surface area contributed by atoms with Crippen molar-refractivity contribution in [2.45, 2.75) is 58.0 Å². The number of rotatable bonds is 0. The van der Waals surface area contributed by atoms with E-state index >= 15 is 0 Å². The molecule has 0 atom stereocenters. The minimum atomic E-state index is 0.0929. The highest BCUT2D eigenvalue weighted by molar-refractivity contribution is 5.43. The summed E-state index contributed by atoms with van der Waals surface area (Å²) in [5.41, 5.74) is 3.36. The zero-order chi connectivity index (χ0) is 13.1. The average molecular weight is 231 g/mol. The van der Waals surface area contributed by atoms with Gasteiger partial charge in [0, 0.05) is 16.5 Å². The molecule has 1 heteroatoms. The van der Waals surface area contributed by atoms with Crippen LogP contribution in [-0.4, -0.2) is 17.5 Å². The van der Waals surface area contributed by atoms with Crippen molar-refractivity contribution >= 4 is 0 Å². The number of likely N-dealkylation sites (N-methyl/N-ethyl adjacent to an activating group) is 1. The zero-order valence-electron chi connectivity index (χ0n) is 12.3. The first-order valence-electron chi connectivity index (χ1n) is 6.47. The van der Waals surface area contributed by atoms with E-state index in [2.05, 4.69) is 77.8 Å². The lowest BCUT2D eigenvalue weighted by Crippen LogP contribution is -2.64. The number of hydrogen-bond acceptors (Lipinski definition) is 1. The SMILES string of the molecule is CN1C(C)(C)c2ccccc2C(C)(C)C1(C)C. The van der Waals surface area contributed by atoms with Crippen LogP contribution in [0.5, 0.6) is 0 Å². The van der Waals surface area contributed by atoms with E-state index in [1.807, 2.05) is 0 Å². The van der Waals surface area contributed by atoms with E-state index in [0.29, 0.717) is 0 Å². The third-order valence-corrected chi connectivity index (χ3v) is 5.47. The van der Waals surface area contributed by atoms with Gasteiger partial charge in [0.15, 0.2) is 0 Å². The molecule has 0 saturated heterocycles. The lowest BCUT2D eigenvalue weighted by atomic mass is 9.61. The van der Waals surface area contributed by atoms with Crippen LogP contribution in [0.1, 0.15) is 52.7 Å². The van der Waals surface area contributed by atoms with Crippen LogP contribution in [0.3, 0.4) is 0 Å². The second kappa shape index (κ2) is 3.35. The molecule has 0 N–H and O–H groups in total. The molecule has 0 amide bonds. The van der Waals surface area contributed by atoms with Crippen LogP contribution in [0.2, 0.25) is 0 Å². The predicted octanol–water partition coefficient (Wildman–Crippen LogP) is 3.92. The van der Waals surface area contributed by atoms with Gasteiger partial charge < -0.3 is 0 Å². The topological polar surface area (TPSA) is 3.24 Å². The Kier molecular flexibility index (Phi) is 2.49. The maximum atomic E-state index is 2.52. The van der Waals surface area contributed by atoms with E-state index in [9.17, 15) is 0 Å². The van der Waals surface area contributed by atoms with Gasteiger partial charge in [0.05, 0.1) is 0 Å². The van der Waals surface area contributed by atoms with E-state index < -0.39 is 0 Å². The lowest BCUT2D eigenvalue weighted by molar-refractivity contribution is -0.0234. The normalized spacial score (nSPS) is 25.4. The molecule has 0 aromatic heterocycles. The number of nitrogens with zero attached hydrogens (tertiary/aromatic N) is 1. The highest BCUT2D eigenvalue weighted by Crippen LogP contribution is 2.50. The highest BCUT2D eigenvalue weighted by atomic mass is 15.2. The number of benzene rings is 1. The van der Waals surface area contributed by atoms with Crippen molar-refractivity contribution in [1.29, 1.82) is 0 Å². The van der Waals surface area contributed by atoms with Crippen LogP contribution in [0.25, 0.3) is 0 Å². The molecule has 1 aromatic carbocycles. The summed E-state index contributed by atoms with van der Waals surface area (Å²) in [6, 6.07) is 8.90. The lowest BCUT2D eigenvalue weighted by Gasteiger charge is -2.59. The quantitative estimate of drug-likeness (QED) is 0.654. The van der Waals surface area contributed by atoms with Crippen molar-refractivity contribution < 1.29 is 0 Å². The molecule has 1 heterocycles. The summed E-state index contributed by atoms with van der Waals surface area (Å²) in [5, 5.41) is 0. The van der Waals surface area contributed by atoms with Gasteiger partial charge in [-0.3, -0.25) is 4.90 Å². The third kappa shape index (κ3) is 1.41. The molecule has 1 aliphatic rings. The van der Waals surface area contributed by atoms with E-state index in [1.54, 1.807) is 0 Å². The smallest absolute Gasteiger partial charge is 0.0410 e. The maximum Gasteiger partial charge on any atom is 0.0410 e. The van der Waals surface area contributed by atoms with Crippen molar-refractivity contribution in [1.82, 2.24) is 4.90 Å². The van der Waals surface area contributed by atoms with Crippen molar-refractivity contribution in [3.05, 3.63) is 35.4 Å².